The highest BCUT2D eigenvalue weighted by molar-refractivity contribution is 7.99. The SMILES string of the molecule is CCN(c1ccc(NC(=O)CSc2nc3ccccc3n2C)cc1)C(C)C. The van der Waals surface area contributed by atoms with Crippen LogP contribution in [0.25, 0.3) is 11.0 Å². The van der Waals surface area contributed by atoms with Crippen LogP contribution in [0, 0.1) is 0 Å². The molecule has 0 fully saturated rings. The van der Waals surface area contributed by atoms with Gasteiger partial charge in [0.2, 0.25) is 5.91 Å². The molecule has 0 bridgehead atoms. The van der Waals surface area contributed by atoms with E-state index in [1.807, 2.05) is 48.0 Å². The molecule has 0 aliphatic heterocycles. The van der Waals surface area contributed by atoms with E-state index >= 15 is 0 Å². The number of anilines is 2. The normalized spacial score (nSPS) is 11.1. The van der Waals surface area contributed by atoms with Gasteiger partial charge < -0.3 is 14.8 Å². The first-order chi connectivity index (χ1) is 13.0. The summed E-state index contributed by atoms with van der Waals surface area (Å²) >= 11 is 1.45. The number of hydrogen-bond acceptors (Lipinski definition) is 4. The number of para-hydroxylation sites is 2. The number of carbonyl (C=O) groups is 1. The molecule has 1 aromatic heterocycles. The number of thioether (sulfide) groups is 1. The van der Waals surface area contributed by atoms with Crippen LogP contribution < -0.4 is 10.2 Å². The third-order valence-electron chi connectivity index (χ3n) is 4.53. The fraction of sp³-hybridized carbons (Fsp3) is 0.333. The van der Waals surface area contributed by atoms with Crippen molar-refractivity contribution < 1.29 is 4.79 Å². The lowest BCUT2D eigenvalue weighted by Crippen LogP contribution is -2.30. The third kappa shape index (κ3) is 4.45. The number of carbonyl (C=O) groups excluding carboxylic acids is 1. The molecule has 5 nitrogen and oxygen atoms in total. The Morgan fingerprint density at radius 1 is 1.19 bits per heavy atom. The average molecular weight is 383 g/mol. The van der Waals surface area contributed by atoms with Crippen LogP contribution in [0.5, 0.6) is 0 Å². The predicted molar refractivity (Wildman–Crippen MR) is 115 cm³/mol. The first-order valence-corrected chi connectivity index (χ1v) is 10.2. The van der Waals surface area contributed by atoms with Gasteiger partial charge in [-0.1, -0.05) is 23.9 Å². The minimum Gasteiger partial charge on any atom is -0.369 e. The van der Waals surface area contributed by atoms with E-state index in [2.05, 4.69) is 48.1 Å². The van der Waals surface area contributed by atoms with Gasteiger partial charge in [0, 0.05) is 31.0 Å². The quantitative estimate of drug-likeness (QED) is 0.610. The van der Waals surface area contributed by atoms with Gasteiger partial charge in [-0.15, -0.1) is 0 Å². The molecule has 0 saturated heterocycles. The van der Waals surface area contributed by atoms with Crippen molar-refractivity contribution in [3.63, 3.8) is 0 Å². The van der Waals surface area contributed by atoms with Gasteiger partial charge in [0.1, 0.15) is 0 Å². The topological polar surface area (TPSA) is 50.2 Å². The molecule has 2 aromatic carbocycles. The number of imidazole rings is 1. The molecule has 0 aliphatic rings. The number of aryl methyl sites for hydroxylation is 1. The summed E-state index contributed by atoms with van der Waals surface area (Å²) in [6, 6.07) is 16.4. The standard InChI is InChI=1S/C21H26N4OS/c1-5-25(15(2)3)17-12-10-16(11-13-17)22-20(26)14-27-21-23-18-8-6-7-9-19(18)24(21)4/h6-13,15H,5,14H2,1-4H3,(H,22,26). The summed E-state index contributed by atoms with van der Waals surface area (Å²) in [5, 5.41) is 3.81. The predicted octanol–water partition coefficient (Wildman–Crippen LogP) is 4.54. The largest absolute Gasteiger partial charge is 0.369 e. The number of hydrogen-bond donors (Lipinski definition) is 1. The highest BCUT2D eigenvalue weighted by atomic mass is 32.2. The lowest BCUT2D eigenvalue weighted by Gasteiger charge is -2.27. The minimum atomic E-state index is -0.0315. The molecular weight excluding hydrogens is 356 g/mol. The highest BCUT2D eigenvalue weighted by Crippen LogP contribution is 2.23. The van der Waals surface area contributed by atoms with Crippen molar-refractivity contribution in [3.05, 3.63) is 48.5 Å². The Kier molecular flexibility index (Phi) is 6.06. The van der Waals surface area contributed by atoms with Crippen molar-refractivity contribution in [1.29, 1.82) is 0 Å². The van der Waals surface area contributed by atoms with Crippen molar-refractivity contribution in [2.75, 3.05) is 22.5 Å². The molecule has 1 heterocycles. The Labute approximate surface area is 164 Å². The Hall–Kier alpha value is -2.47. The molecule has 0 spiro atoms. The third-order valence-corrected chi connectivity index (χ3v) is 5.56. The van der Waals surface area contributed by atoms with Crippen molar-refractivity contribution >= 4 is 40.1 Å². The summed E-state index contributed by atoms with van der Waals surface area (Å²) in [5.41, 5.74) is 4.00. The maximum Gasteiger partial charge on any atom is 0.234 e. The summed E-state index contributed by atoms with van der Waals surface area (Å²) in [6.45, 7) is 7.46. The summed E-state index contributed by atoms with van der Waals surface area (Å²) in [5.74, 6) is 0.294. The van der Waals surface area contributed by atoms with E-state index in [1.54, 1.807) is 0 Å². The van der Waals surface area contributed by atoms with E-state index in [1.165, 1.54) is 17.4 Å². The highest BCUT2D eigenvalue weighted by Gasteiger charge is 2.11. The van der Waals surface area contributed by atoms with Crippen LogP contribution in [0.15, 0.2) is 53.7 Å². The zero-order valence-electron chi connectivity index (χ0n) is 16.3. The summed E-state index contributed by atoms with van der Waals surface area (Å²) in [4.78, 5) is 19.2. The van der Waals surface area contributed by atoms with E-state index in [4.69, 9.17) is 0 Å². The minimum absolute atomic E-state index is 0.0315. The van der Waals surface area contributed by atoms with Crippen molar-refractivity contribution in [1.82, 2.24) is 9.55 Å². The van der Waals surface area contributed by atoms with Crippen LogP contribution in [-0.4, -0.2) is 33.8 Å². The molecule has 1 amide bonds. The van der Waals surface area contributed by atoms with Crippen molar-refractivity contribution in [2.45, 2.75) is 32.0 Å². The maximum absolute atomic E-state index is 12.3. The zero-order chi connectivity index (χ0) is 19.4. The molecule has 0 aliphatic carbocycles. The van der Waals surface area contributed by atoms with Crippen LogP contribution in [0.2, 0.25) is 0 Å². The smallest absolute Gasteiger partial charge is 0.234 e. The molecule has 1 N–H and O–H groups in total. The second-order valence-corrected chi connectivity index (χ2v) is 7.65. The van der Waals surface area contributed by atoms with Crippen molar-refractivity contribution in [2.24, 2.45) is 7.05 Å². The number of aromatic nitrogens is 2. The fourth-order valence-electron chi connectivity index (χ4n) is 3.16. The monoisotopic (exact) mass is 382 g/mol. The van der Waals surface area contributed by atoms with E-state index in [9.17, 15) is 4.79 Å². The average Bonchev–Trinajstić information content (AvgIpc) is 2.98. The van der Waals surface area contributed by atoms with Gasteiger partial charge in [0.15, 0.2) is 5.16 Å². The molecule has 142 valence electrons. The number of nitrogens with one attached hydrogen (secondary N) is 1. The summed E-state index contributed by atoms with van der Waals surface area (Å²) < 4.78 is 2.02. The summed E-state index contributed by atoms with van der Waals surface area (Å²) in [7, 11) is 1.97. The number of nitrogens with zero attached hydrogens (tertiary/aromatic N) is 3. The zero-order valence-corrected chi connectivity index (χ0v) is 17.1. The van der Waals surface area contributed by atoms with Crippen LogP contribution in [0.3, 0.4) is 0 Å². The number of fused-ring (bicyclic) bond motifs is 1. The molecule has 6 heteroatoms. The van der Waals surface area contributed by atoms with Gasteiger partial charge in [-0.2, -0.15) is 0 Å². The molecule has 0 unspecified atom stereocenters. The second-order valence-electron chi connectivity index (χ2n) is 6.71. The Morgan fingerprint density at radius 3 is 2.52 bits per heavy atom. The van der Waals surface area contributed by atoms with Crippen LogP contribution in [0.4, 0.5) is 11.4 Å². The molecule has 0 atom stereocenters. The first-order valence-electron chi connectivity index (χ1n) is 9.20. The van der Waals surface area contributed by atoms with Gasteiger partial charge in [-0.3, -0.25) is 4.79 Å². The van der Waals surface area contributed by atoms with Crippen LogP contribution in [-0.2, 0) is 11.8 Å². The van der Waals surface area contributed by atoms with Gasteiger partial charge in [0.05, 0.1) is 16.8 Å². The van der Waals surface area contributed by atoms with Gasteiger partial charge in [0.25, 0.3) is 0 Å². The van der Waals surface area contributed by atoms with Gasteiger partial charge in [-0.25, -0.2) is 4.98 Å². The van der Waals surface area contributed by atoms with E-state index in [0.29, 0.717) is 11.8 Å². The molecular formula is C21H26N4OS. The first kappa shape index (κ1) is 19.3. The van der Waals surface area contributed by atoms with E-state index in [-0.39, 0.29) is 5.91 Å². The maximum atomic E-state index is 12.3. The molecule has 0 saturated carbocycles. The molecule has 27 heavy (non-hydrogen) atoms. The van der Waals surface area contributed by atoms with Crippen molar-refractivity contribution in [3.8, 4) is 0 Å². The number of benzene rings is 2. The van der Waals surface area contributed by atoms with E-state index < -0.39 is 0 Å². The van der Waals surface area contributed by atoms with Gasteiger partial charge >= 0.3 is 0 Å². The molecule has 3 rings (SSSR count). The lowest BCUT2D eigenvalue weighted by molar-refractivity contribution is -0.113. The van der Waals surface area contributed by atoms with Crippen LogP contribution in [0.1, 0.15) is 20.8 Å². The lowest BCUT2D eigenvalue weighted by atomic mass is 10.2. The number of amides is 1. The number of rotatable bonds is 7. The second kappa shape index (κ2) is 8.48. The Bertz CT molecular complexity index is 918. The Morgan fingerprint density at radius 2 is 1.89 bits per heavy atom. The van der Waals surface area contributed by atoms with Gasteiger partial charge in [-0.05, 0) is 57.2 Å². The fourth-order valence-corrected chi connectivity index (χ4v) is 3.95. The van der Waals surface area contributed by atoms with Crippen LogP contribution >= 0.6 is 11.8 Å². The summed E-state index contributed by atoms with van der Waals surface area (Å²) in [6.07, 6.45) is 0. The molecule has 0 radical (unpaired) electrons. The van der Waals surface area contributed by atoms with E-state index in [0.717, 1.165) is 28.4 Å². The Balaban J connectivity index is 1.59. The molecule has 3 aromatic rings.